The van der Waals surface area contributed by atoms with Crippen LogP contribution in [0.5, 0.6) is 11.5 Å². The van der Waals surface area contributed by atoms with E-state index in [1.165, 1.54) is 0 Å². The molecular formula is C46H56BNO10P+. The fourth-order valence-corrected chi connectivity index (χ4v) is 11.0. The minimum absolute atomic E-state index is 0.0342. The van der Waals surface area contributed by atoms with Crippen molar-refractivity contribution in [1.29, 1.82) is 0 Å². The summed E-state index contributed by atoms with van der Waals surface area (Å²) >= 11 is 0. The minimum atomic E-state index is -3.24. The van der Waals surface area contributed by atoms with Gasteiger partial charge in [-0.2, -0.15) is 13.6 Å². The van der Waals surface area contributed by atoms with Crippen molar-refractivity contribution in [3.63, 3.8) is 0 Å². The van der Waals surface area contributed by atoms with Crippen molar-refractivity contribution >= 4 is 15.8 Å². The van der Waals surface area contributed by atoms with Crippen molar-refractivity contribution in [2.75, 3.05) is 54.4 Å². The van der Waals surface area contributed by atoms with Crippen molar-refractivity contribution in [3.05, 3.63) is 131 Å². The summed E-state index contributed by atoms with van der Waals surface area (Å²) in [5.41, 5.74) is 1.49. The third-order valence-corrected chi connectivity index (χ3v) is 13.9. The highest BCUT2D eigenvalue weighted by Crippen LogP contribution is 2.66. The number of ether oxygens (including phenoxy) is 7. The van der Waals surface area contributed by atoms with Crippen LogP contribution in [0.1, 0.15) is 54.5 Å². The number of methoxy groups -OCH3 is 3. The van der Waals surface area contributed by atoms with Gasteiger partial charge in [0.15, 0.2) is 6.10 Å². The van der Waals surface area contributed by atoms with E-state index in [0.717, 1.165) is 59.6 Å². The maximum atomic E-state index is 7.41. The van der Waals surface area contributed by atoms with Gasteiger partial charge in [-0.05, 0) is 72.8 Å². The Morgan fingerprint density at radius 3 is 2.07 bits per heavy atom. The molecule has 4 aromatic carbocycles. The van der Waals surface area contributed by atoms with Gasteiger partial charge in [0.1, 0.15) is 62.1 Å². The molecule has 312 valence electrons. The molecule has 0 aliphatic carbocycles. The molecule has 10 atom stereocenters. The normalized spacial score (nSPS) is 29.3. The summed E-state index contributed by atoms with van der Waals surface area (Å²) in [6.07, 6.45) is 0.728. The van der Waals surface area contributed by atoms with E-state index in [4.69, 9.17) is 54.6 Å². The summed E-state index contributed by atoms with van der Waals surface area (Å²) in [6, 6.07) is 35.6. The van der Waals surface area contributed by atoms with Crippen molar-refractivity contribution < 1.29 is 46.7 Å². The molecule has 0 saturated carbocycles. The average molecular weight is 825 g/mol. The van der Waals surface area contributed by atoms with E-state index in [2.05, 4.69) is 29.6 Å². The molecule has 4 heterocycles. The van der Waals surface area contributed by atoms with Crippen LogP contribution in [0.2, 0.25) is 0 Å². The molecule has 2 bridgehead atoms. The van der Waals surface area contributed by atoms with Crippen LogP contribution in [0.3, 0.4) is 0 Å². The van der Waals surface area contributed by atoms with Crippen molar-refractivity contribution in [2.24, 2.45) is 0 Å². The molecule has 4 aromatic rings. The number of hydrogen-bond donors (Lipinski definition) is 1. The Bertz CT molecular complexity index is 1890. The summed E-state index contributed by atoms with van der Waals surface area (Å²) in [7, 11) is 8.53. The molecule has 4 aliphatic heterocycles. The minimum Gasteiger partial charge on any atom is -0.497 e. The number of nitrogens with one attached hydrogen (secondary N) is 1. The molecule has 0 spiro atoms. The SMILES string of the molecule is [B][C@@H]1O[C@]2(COC(c3ccccc3)(c3ccc(OC)cc3)c3ccc(OC)cc3)CO[C@H]1C2O[P+](C)(OC[C@H]1O[C@@H](C)CC1OC)O[C@H](c1ccccc1)[C@@H]1CCCN1. The Hall–Kier alpha value is -3.39. The second kappa shape index (κ2) is 18.3. The predicted molar refractivity (Wildman–Crippen MR) is 226 cm³/mol. The maximum absolute atomic E-state index is 7.41. The van der Waals surface area contributed by atoms with Crippen LogP contribution in [-0.2, 0) is 42.9 Å². The number of hydrogen-bond acceptors (Lipinski definition) is 11. The molecule has 4 saturated heterocycles. The molecule has 4 aliphatic rings. The fraction of sp³-hybridized carbons (Fsp3) is 0.478. The summed E-state index contributed by atoms with van der Waals surface area (Å²) in [5, 5.41) is 3.66. The Kier molecular flexibility index (Phi) is 13.1. The first-order chi connectivity index (χ1) is 28.7. The van der Waals surface area contributed by atoms with Gasteiger partial charge in [-0.1, -0.05) is 84.9 Å². The molecule has 4 fully saturated rings. The molecule has 59 heavy (non-hydrogen) atoms. The molecule has 2 radical (unpaired) electrons. The number of fused-ring (bicyclic) bond motifs is 2. The highest BCUT2D eigenvalue weighted by molar-refractivity contribution is 7.60. The van der Waals surface area contributed by atoms with Crippen molar-refractivity contribution in [2.45, 2.75) is 86.1 Å². The molecule has 0 amide bonds. The Balaban J connectivity index is 1.16. The zero-order valence-corrected chi connectivity index (χ0v) is 35.5. The molecule has 0 aromatic heterocycles. The molecular weight excluding hydrogens is 768 g/mol. The van der Waals surface area contributed by atoms with Crippen LogP contribution >= 0.6 is 7.94 Å². The first-order valence-electron chi connectivity index (χ1n) is 20.6. The van der Waals surface area contributed by atoms with E-state index in [1.54, 1.807) is 21.3 Å². The third kappa shape index (κ3) is 8.73. The summed E-state index contributed by atoms with van der Waals surface area (Å²) < 4.78 is 65.2. The van der Waals surface area contributed by atoms with E-state index in [0.29, 0.717) is 0 Å². The van der Waals surface area contributed by atoms with E-state index >= 15 is 0 Å². The van der Waals surface area contributed by atoms with Gasteiger partial charge in [0.2, 0.25) is 0 Å². The van der Waals surface area contributed by atoms with Gasteiger partial charge >= 0.3 is 7.94 Å². The van der Waals surface area contributed by atoms with Gasteiger partial charge in [0, 0.05) is 25.6 Å². The first-order valence-corrected chi connectivity index (χ1v) is 22.6. The van der Waals surface area contributed by atoms with Crippen molar-refractivity contribution in [3.8, 4) is 11.5 Å². The quantitative estimate of drug-likeness (QED) is 0.0628. The lowest BCUT2D eigenvalue weighted by molar-refractivity contribution is -0.164. The van der Waals surface area contributed by atoms with Gasteiger partial charge < -0.3 is 38.5 Å². The second-order valence-electron chi connectivity index (χ2n) is 15.9. The Morgan fingerprint density at radius 1 is 0.864 bits per heavy atom. The molecule has 1 N–H and O–H groups in total. The van der Waals surface area contributed by atoms with Crippen LogP contribution in [0.4, 0.5) is 0 Å². The van der Waals surface area contributed by atoms with Crippen LogP contribution in [0.15, 0.2) is 109 Å². The van der Waals surface area contributed by atoms with Crippen LogP contribution in [0.25, 0.3) is 0 Å². The fourth-order valence-electron chi connectivity index (χ4n) is 9.03. The lowest BCUT2D eigenvalue weighted by Crippen LogP contribution is -2.49. The highest BCUT2D eigenvalue weighted by atomic mass is 31.2. The zero-order chi connectivity index (χ0) is 41.0. The van der Waals surface area contributed by atoms with Crippen LogP contribution in [-0.4, -0.2) is 110 Å². The molecule has 13 heteroatoms. The van der Waals surface area contributed by atoms with Gasteiger partial charge in [-0.3, -0.25) is 0 Å². The van der Waals surface area contributed by atoms with Gasteiger partial charge in [0.05, 0.1) is 39.6 Å². The van der Waals surface area contributed by atoms with Crippen LogP contribution in [0, 0.1) is 0 Å². The van der Waals surface area contributed by atoms with Crippen LogP contribution < -0.4 is 14.8 Å². The topological polar surface area (TPSA) is 104 Å². The summed E-state index contributed by atoms with van der Waals surface area (Å²) in [4.78, 5) is 0. The third-order valence-electron chi connectivity index (χ3n) is 12.1. The average Bonchev–Trinajstić information content (AvgIpc) is 4.07. The smallest absolute Gasteiger partial charge is 0.409 e. The lowest BCUT2D eigenvalue weighted by Gasteiger charge is -2.40. The second-order valence-corrected chi connectivity index (χ2v) is 18.2. The first kappa shape index (κ1) is 42.3. The Morgan fingerprint density at radius 2 is 1.49 bits per heavy atom. The van der Waals surface area contributed by atoms with Gasteiger partial charge in [-0.15, -0.1) is 0 Å². The molecule has 11 nitrogen and oxygen atoms in total. The number of benzene rings is 4. The lowest BCUT2D eigenvalue weighted by atomic mass is 9.79. The molecule has 8 rings (SSSR count). The summed E-state index contributed by atoms with van der Waals surface area (Å²) in [5.74, 6) is 1.46. The number of rotatable bonds is 18. The van der Waals surface area contributed by atoms with Gasteiger partial charge in [-0.25, -0.2) is 0 Å². The standard InChI is InChI=1S/C46H56BNO10P/c1-31-27-39(51-4)40(55-31)28-54-59(5,57-41(38-17-12-26-48-38)32-13-8-6-9-14-32)58-43-42-44(47)56-45(43,29-52-42)30-53-46(33-15-10-7-11-16-33,34-18-22-36(49-2)23-19-34)35-20-24-37(50-3)25-21-35/h6-11,13-16,18-25,31,38-44,48H,12,17,26-30H2,1-5H3/q+1/t31-,38-,39?,40+,41+,42-,43?,44+,45-,59?/m0/s1. The van der Waals surface area contributed by atoms with E-state index < -0.39 is 37.4 Å². The summed E-state index contributed by atoms with van der Waals surface area (Å²) in [6.45, 7) is 5.34. The van der Waals surface area contributed by atoms with E-state index in [1.807, 2.05) is 98.5 Å². The van der Waals surface area contributed by atoms with Crippen molar-refractivity contribution in [1.82, 2.24) is 5.32 Å². The predicted octanol–water partition coefficient (Wildman–Crippen LogP) is 7.17. The molecule has 3 unspecified atom stereocenters. The maximum Gasteiger partial charge on any atom is 0.409 e. The zero-order valence-electron chi connectivity index (χ0n) is 34.6. The van der Waals surface area contributed by atoms with Gasteiger partial charge in [0.25, 0.3) is 0 Å². The van der Waals surface area contributed by atoms with E-state index in [-0.39, 0.29) is 50.3 Å². The highest BCUT2D eigenvalue weighted by Gasteiger charge is 2.66. The van der Waals surface area contributed by atoms with E-state index in [9.17, 15) is 0 Å². The largest absolute Gasteiger partial charge is 0.497 e. The monoisotopic (exact) mass is 824 g/mol. The Labute approximate surface area is 350 Å².